The highest BCUT2D eigenvalue weighted by atomic mass is 16.4. The molecule has 0 fully saturated rings. The van der Waals surface area contributed by atoms with Crippen LogP contribution in [0.3, 0.4) is 0 Å². The predicted octanol–water partition coefficient (Wildman–Crippen LogP) is -0.218. The van der Waals surface area contributed by atoms with Gasteiger partial charge in [0.2, 0.25) is 0 Å². The molecule has 0 heterocycles. The van der Waals surface area contributed by atoms with Crippen molar-refractivity contribution in [1.29, 1.82) is 0 Å². The van der Waals surface area contributed by atoms with Crippen LogP contribution in [0.4, 0.5) is 0 Å². The van der Waals surface area contributed by atoms with Gasteiger partial charge in [-0.25, -0.2) is 0 Å². The van der Waals surface area contributed by atoms with Crippen LogP contribution in [-0.4, -0.2) is 35.9 Å². The maximum absolute atomic E-state index is 10.7. The molecular formula is C5H7N3O2. The van der Waals surface area contributed by atoms with Gasteiger partial charge in [-0.05, 0) is 0 Å². The lowest BCUT2D eigenvalue weighted by atomic mass is 10.5. The number of nitrogens with zero attached hydrogens (tertiary/aromatic N) is 3. The molecule has 10 heavy (non-hydrogen) atoms. The van der Waals surface area contributed by atoms with E-state index in [1.807, 2.05) is 0 Å². The molecule has 1 N–H and O–H groups in total. The van der Waals surface area contributed by atoms with Gasteiger partial charge in [-0.2, -0.15) is 0 Å². The molecule has 0 rings (SSSR count). The Morgan fingerprint density at radius 3 is 2.30 bits per heavy atom. The Labute approximate surface area is 58.4 Å². The smallest absolute Gasteiger partial charge is 0.353 e. The summed E-state index contributed by atoms with van der Waals surface area (Å²) in [5.41, 5.74) is 0. The van der Waals surface area contributed by atoms with Crippen LogP contribution in [-0.2, 0) is 4.79 Å². The van der Waals surface area contributed by atoms with E-state index in [4.69, 9.17) is 11.8 Å². The normalized spacial score (nSPS) is 10.3. The van der Waals surface area contributed by atoms with E-state index in [9.17, 15) is 4.79 Å². The highest BCUT2D eigenvalue weighted by molar-refractivity contribution is 6.41. The topological polar surface area (TPSA) is 57.3 Å². The van der Waals surface area contributed by atoms with Crippen LogP contribution in [0.15, 0.2) is 5.16 Å². The number of hydrogen-bond acceptors (Lipinski definition) is 3. The van der Waals surface area contributed by atoms with E-state index in [1.54, 1.807) is 0 Å². The van der Waals surface area contributed by atoms with E-state index in [0.717, 1.165) is 4.90 Å². The zero-order valence-electron chi connectivity index (χ0n) is 5.70. The van der Waals surface area contributed by atoms with Crippen LogP contribution < -0.4 is 0 Å². The molecule has 0 aromatic heterocycles. The molecule has 0 radical (unpaired) electrons. The molecule has 5 heteroatoms. The SMILES string of the molecule is [C-]#[N+]/C(=N\O)C(=O)N(C)C. The second kappa shape index (κ2) is 3.45. The summed E-state index contributed by atoms with van der Waals surface area (Å²) in [6.07, 6.45) is 0. The maximum atomic E-state index is 10.7. The minimum Gasteiger partial charge on any atom is -0.353 e. The fraction of sp³-hybridized carbons (Fsp3) is 0.400. The molecule has 0 saturated carbocycles. The van der Waals surface area contributed by atoms with Gasteiger partial charge in [0, 0.05) is 14.1 Å². The van der Waals surface area contributed by atoms with Gasteiger partial charge >= 0.3 is 5.84 Å². The summed E-state index contributed by atoms with van der Waals surface area (Å²) in [6, 6.07) is 0. The Morgan fingerprint density at radius 2 is 2.20 bits per heavy atom. The van der Waals surface area contributed by atoms with Crippen molar-refractivity contribution >= 4 is 11.7 Å². The van der Waals surface area contributed by atoms with E-state index in [2.05, 4.69) is 10.0 Å². The van der Waals surface area contributed by atoms with Gasteiger partial charge in [-0.15, -0.1) is 0 Å². The monoisotopic (exact) mass is 141 g/mol. The Balaban J connectivity index is 4.38. The summed E-state index contributed by atoms with van der Waals surface area (Å²) in [6.45, 7) is 6.37. The molecule has 0 unspecified atom stereocenters. The van der Waals surface area contributed by atoms with Gasteiger partial charge in [0.25, 0.3) is 5.91 Å². The highest BCUT2D eigenvalue weighted by Crippen LogP contribution is 1.85. The lowest BCUT2D eigenvalue weighted by Crippen LogP contribution is -2.27. The first-order chi connectivity index (χ1) is 4.63. The Hall–Kier alpha value is -1.57. The van der Waals surface area contributed by atoms with Crippen molar-refractivity contribution in [2.45, 2.75) is 0 Å². The average Bonchev–Trinajstić information content (AvgIpc) is 1.90. The quantitative estimate of drug-likeness (QED) is 0.167. The van der Waals surface area contributed by atoms with Crippen LogP contribution in [0, 0.1) is 6.57 Å². The Kier molecular flexibility index (Phi) is 2.91. The van der Waals surface area contributed by atoms with Crippen LogP contribution in [0.1, 0.15) is 0 Å². The summed E-state index contributed by atoms with van der Waals surface area (Å²) < 4.78 is 0. The largest absolute Gasteiger partial charge is 0.378 e. The van der Waals surface area contributed by atoms with Crippen molar-refractivity contribution in [2.24, 2.45) is 5.16 Å². The summed E-state index contributed by atoms with van der Waals surface area (Å²) in [5, 5.41) is 10.6. The number of amidine groups is 1. The molecule has 0 saturated heterocycles. The molecule has 0 aromatic rings. The van der Waals surface area contributed by atoms with Crippen LogP contribution >= 0.6 is 0 Å². The summed E-state index contributed by atoms with van der Waals surface area (Å²) >= 11 is 0. The number of rotatable bonds is 0. The molecular weight excluding hydrogens is 134 g/mol. The van der Waals surface area contributed by atoms with Crippen molar-refractivity contribution in [2.75, 3.05) is 14.1 Å². The maximum Gasteiger partial charge on any atom is 0.378 e. The lowest BCUT2D eigenvalue weighted by molar-refractivity contribution is -0.121. The number of carbonyl (C=O) groups excluding carboxylic acids is 1. The molecule has 0 aliphatic carbocycles. The van der Waals surface area contributed by atoms with Gasteiger partial charge in [0.15, 0.2) is 0 Å². The van der Waals surface area contributed by atoms with Crippen molar-refractivity contribution in [3.63, 3.8) is 0 Å². The van der Waals surface area contributed by atoms with E-state index in [1.165, 1.54) is 14.1 Å². The summed E-state index contributed by atoms with van der Waals surface area (Å²) in [7, 11) is 2.94. The fourth-order valence-electron chi connectivity index (χ4n) is 0.313. The van der Waals surface area contributed by atoms with E-state index in [-0.39, 0.29) is 0 Å². The molecule has 0 atom stereocenters. The van der Waals surface area contributed by atoms with E-state index >= 15 is 0 Å². The third kappa shape index (κ3) is 1.74. The van der Waals surface area contributed by atoms with Crippen LogP contribution in [0.25, 0.3) is 4.85 Å². The second-order valence-electron chi connectivity index (χ2n) is 1.73. The second-order valence-corrected chi connectivity index (χ2v) is 1.73. The minimum absolute atomic E-state index is 0.523. The van der Waals surface area contributed by atoms with Crippen molar-refractivity contribution in [3.8, 4) is 0 Å². The third-order valence-corrected chi connectivity index (χ3v) is 0.798. The van der Waals surface area contributed by atoms with E-state index < -0.39 is 11.7 Å². The van der Waals surface area contributed by atoms with Gasteiger partial charge in [-0.3, -0.25) is 4.79 Å². The van der Waals surface area contributed by atoms with Crippen LogP contribution in [0.5, 0.6) is 0 Å². The molecule has 5 nitrogen and oxygen atoms in total. The van der Waals surface area contributed by atoms with Gasteiger partial charge in [-0.1, -0.05) is 6.57 Å². The summed E-state index contributed by atoms with van der Waals surface area (Å²) in [4.78, 5) is 14.6. The number of amides is 1. The van der Waals surface area contributed by atoms with Crippen LogP contribution in [0.2, 0.25) is 0 Å². The zero-order valence-corrected chi connectivity index (χ0v) is 5.70. The molecule has 0 spiro atoms. The molecule has 0 aromatic carbocycles. The standard InChI is InChI=1S/C5H7N3O2/c1-6-4(7-10)5(9)8(2)3/h10H,2-3H3/b7-4-. The van der Waals surface area contributed by atoms with Gasteiger partial charge in [0.1, 0.15) is 0 Å². The molecule has 1 amide bonds. The number of carbonyl (C=O) groups is 1. The first-order valence-corrected chi connectivity index (χ1v) is 2.44. The minimum atomic E-state index is -0.600. The Morgan fingerprint density at radius 1 is 1.70 bits per heavy atom. The zero-order chi connectivity index (χ0) is 8.15. The van der Waals surface area contributed by atoms with E-state index in [0.29, 0.717) is 0 Å². The third-order valence-electron chi connectivity index (χ3n) is 0.798. The number of oxime groups is 1. The van der Waals surface area contributed by atoms with Crippen molar-refractivity contribution < 1.29 is 10.0 Å². The van der Waals surface area contributed by atoms with Crippen molar-refractivity contribution in [1.82, 2.24) is 4.90 Å². The van der Waals surface area contributed by atoms with Gasteiger partial charge < -0.3 is 15.0 Å². The molecule has 0 aliphatic rings. The molecule has 0 aliphatic heterocycles. The number of hydrogen-bond donors (Lipinski definition) is 1. The summed E-state index contributed by atoms with van der Waals surface area (Å²) in [5.74, 6) is -1.12. The number of likely N-dealkylation sites (N-methyl/N-ethyl adjacent to an activating group) is 1. The first kappa shape index (κ1) is 8.43. The molecule has 0 bridgehead atoms. The van der Waals surface area contributed by atoms with Gasteiger partial charge in [0.05, 0.1) is 5.16 Å². The average molecular weight is 141 g/mol. The molecule has 54 valence electrons. The first-order valence-electron chi connectivity index (χ1n) is 2.44. The predicted molar refractivity (Wildman–Crippen MR) is 34.5 cm³/mol. The van der Waals surface area contributed by atoms with Crippen molar-refractivity contribution in [3.05, 3.63) is 11.4 Å². The Bertz CT molecular complexity index is 201. The lowest BCUT2D eigenvalue weighted by Gasteiger charge is -2.05. The highest BCUT2D eigenvalue weighted by Gasteiger charge is 2.13. The fourth-order valence-corrected chi connectivity index (χ4v) is 0.313.